The lowest BCUT2D eigenvalue weighted by atomic mass is 10.2. The van der Waals surface area contributed by atoms with Gasteiger partial charge in [0.15, 0.2) is 0 Å². The summed E-state index contributed by atoms with van der Waals surface area (Å²) in [6.45, 7) is 0. The van der Waals surface area contributed by atoms with E-state index in [0.717, 1.165) is 0 Å². The Hall–Kier alpha value is -2.21. The minimum atomic E-state index is -0.446. The summed E-state index contributed by atoms with van der Waals surface area (Å²) in [6, 6.07) is 6.87. The van der Waals surface area contributed by atoms with Crippen LogP contribution in [-0.2, 0) is 0 Å². The number of carbonyl (C=O) groups excluding carboxylic acids is 1. The van der Waals surface area contributed by atoms with Crippen LogP contribution in [0.2, 0.25) is 0 Å². The smallest absolute Gasteiger partial charge is 0.301 e. The van der Waals surface area contributed by atoms with Crippen LogP contribution in [0.1, 0.15) is 10.6 Å². The van der Waals surface area contributed by atoms with Crippen molar-refractivity contribution in [2.45, 2.75) is 0 Å². The molecule has 1 heterocycles. The molecule has 17 heavy (non-hydrogen) atoms. The summed E-state index contributed by atoms with van der Waals surface area (Å²) < 4.78 is 0. The molecule has 2 aromatic rings. The number of nitrogens with one attached hydrogen (secondary N) is 2. The average molecular weight is 232 g/mol. The predicted octanol–water partition coefficient (Wildman–Crippen LogP) is 0.129. The molecule has 6 heteroatoms. The lowest BCUT2D eigenvalue weighted by Gasteiger charge is -2.10. The Morgan fingerprint density at radius 3 is 2.76 bits per heavy atom. The summed E-state index contributed by atoms with van der Waals surface area (Å²) >= 11 is 0. The molecule has 88 valence electrons. The van der Waals surface area contributed by atoms with E-state index in [1.54, 1.807) is 38.4 Å². The molecular formula is C11H12N4O2. The number of fused-ring (bicyclic) bond motifs is 1. The van der Waals surface area contributed by atoms with E-state index in [1.807, 2.05) is 0 Å². The topological polar surface area (TPSA) is 78.1 Å². The van der Waals surface area contributed by atoms with Gasteiger partial charge in [0.25, 0.3) is 5.56 Å². The molecule has 0 aliphatic heterocycles. The fourth-order valence-electron chi connectivity index (χ4n) is 1.45. The summed E-state index contributed by atoms with van der Waals surface area (Å²) in [7, 11) is 3.36. The Bertz CT molecular complexity index is 618. The molecule has 0 radical (unpaired) electrons. The Morgan fingerprint density at radius 1 is 1.35 bits per heavy atom. The van der Waals surface area contributed by atoms with Crippen LogP contribution in [0, 0.1) is 0 Å². The number of para-hydroxylation sites is 1. The number of H-pyrrole nitrogens is 1. The number of hydrogen-bond acceptors (Lipinski definition) is 4. The highest BCUT2D eigenvalue weighted by Crippen LogP contribution is 2.05. The molecule has 6 nitrogen and oxygen atoms in total. The first-order chi connectivity index (χ1) is 8.08. The Labute approximate surface area is 97.3 Å². The molecular weight excluding hydrogens is 220 g/mol. The number of carbonyl (C=O) groups is 1. The van der Waals surface area contributed by atoms with E-state index in [1.165, 1.54) is 5.01 Å². The first-order valence-electron chi connectivity index (χ1n) is 5.05. The number of aromatic amines is 1. The molecule has 1 aromatic heterocycles. The Kier molecular flexibility index (Phi) is 2.88. The monoisotopic (exact) mass is 232 g/mol. The minimum absolute atomic E-state index is 0.00222. The molecule has 0 atom stereocenters. The van der Waals surface area contributed by atoms with Gasteiger partial charge in [-0.15, -0.1) is 0 Å². The van der Waals surface area contributed by atoms with E-state index < -0.39 is 5.91 Å². The van der Waals surface area contributed by atoms with Gasteiger partial charge in [-0.25, -0.2) is 9.99 Å². The van der Waals surface area contributed by atoms with E-state index in [-0.39, 0.29) is 11.4 Å². The quantitative estimate of drug-likeness (QED) is 0.721. The number of nitrogens with zero attached hydrogens (tertiary/aromatic N) is 2. The minimum Gasteiger partial charge on any atom is -0.302 e. The molecule has 2 N–H and O–H groups in total. The van der Waals surface area contributed by atoms with Gasteiger partial charge in [-0.1, -0.05) is 12.1 Å². The maximum atomic E-state index is 11.7. The predicted molar refractivity (Wildman–Crippen MR) is 63.5 cm³/mol. The van der Waals surface area contributed by atoms with E-state index >= 15 is 0 Å². The van der Waals surface area contributed by atoms with Gasteiger partial charge in [0.1, 0.15) is 0 Å². The maximum Gasteiger partial charge on any atom is 0.301 e. The number of hydrazine groups is 1. The molecule has 0 bridgehead atoms. The molecule has 2 rings (SSSR count). The van der Waals surface area contributed by atoms with Crippen LogP contribution in [0.25, 0.3) is 10.9 Å². The van der Waals surface area contributed by atoms with Crippen LogP contribution >= 0.6 is 0 Å². The van der Waals surface area contributed by atoms with Crippen molar-refractivity contribution in [3.63, 3.8) is 0 Å². The van der Waals surface area contributed by atoms with Crippen molar-refractivity contribution >= 4 is 16.8 Å². The summed E-state index contributed by atoms with van der Waals surface area (Å²) in [4.78, 5) is 29.9. The van der Waals surface area contributed by atoms with Crippen LogP contribution in [-0.4, -0.2) is 35.0 Å². The Balaban J connectivity index is 2.50. The van der Waals surface area contributed by atoms with Crippen molar-refractivity contribution in [1.29, 1.82) is 0 Å². The number of amides is 1. The second-order valence-electron chi connectivity index (χ2n) is 3.77. The molecule has 0 spiro atoms. The number of hydrogen-bond donors (Lipinski definition) is 2. The van der Waals surface area contributed by atoms with Gasteiger partial charge in [-0.2, -0.15) is 0 Å². The number of aromatic nitrogens is 2. The standard InChI is InChI=1S/C11H12N4O2/c1-15(2)14-11(17)9-12-8-6-4-3-5-7(8)10(16)13-9/h3-6H,1-2H3,(H,14,17)(H,12,13,16). The first kappa shape index (κ1) is 11.3. The molecule has 0 unspecified atom stereocenters. The first-order valence-corrected chi connectivity index (χ1v) is 5.05. The van der Waals surface area contributed by atoms with Crippen LogP contribution < -0.4 is 11.0 Å². The Morgan fingerprint density at radius 2 is 2.06 bits per heavy atom. The van der Waals surface area contributed by atoms with Gasteiger partial charge in [0, 0.05) is 14.1 Å². The van der Waals surface area contributed by atoms with Gasteiger partial charge < -0.3 is 4.98 Å². The van der Waals surface area contributed by atoms with Crippen molar-refractivity contribution in [3.05, 3.63) is 40.4 Å². The average Bonchev–Trinajstić information content (AvgIpc) is 2.28. The van der Waals surface area contributed by atoms with Gasteiger partial charge in [-0.05, 0) is 12.1 Å². The maximum absolute atomic E-state index is 11.7. The van der Waals surface area contributed by atoms with Crippen LogP contribution in [0.5, 0.6) is 0 Å². The molecule has 0 aliphatic carbocycles. The molecule has 0 saturated heterocycles. The highest BCUT2D eigenvalue weighted by molar-refractivity contribution is 5.92. The van der Waals surface area contributed by atoms with E-state index in [2.05, 4.69) is 15.4 Å². The molecule has 0 aliphatic rings. The van der Waals surface area contributed by atoms with Crippen LogP contribution in [0.4, 0.5) is 0 Å². The summed E-state index contributed by atoms with van der Waals surface area (Å²) in [6.07, 6.45) is 0. The second kappa shape index (κ2) is 4.34. The van der Waals surface area contributed by atoms with Crippen molar-refractivity contribution < 1.29 is 4.79 Å². The highest BCUT2D eigenvalue weighted by Gasteiger charge is 2.11. The largest absolute Gasteiger partial charge is 0.302 e. The van der Waals surface area contributed by atoms with E-state index in [4.69, 9.17) is 0 Å². The lowest BCUT2D eigenvalue weighted by Crippen LogP contribution is -2.37. The third-order valence-corrected chi connectivity index (χ3v) is 2.15. The molecule has 0 saturated carbocycles. The number of benzene rings is 1. The molecule has 0 fully saturated rings. The van der Waals surface area contributed by atoms with E-state index in [9.17, 15) is 9.59 Å². The van der Waals surface area contributed by atoms with Crippen molar-refractivity contribution in [2.24, 2.45) is 0 Å². The zero-order valence-electron chi connectivity index (χ0n) is 9.52. The third-order valence-electron chi connectivity index (χ3n) is 2.15. The zero-order valence-corrected chi connectivity index (χ0v) is 9.52. The second-order valence-corrected chi connectivity index (χ2v) is 3.77. The fraction of sp³-hybridized carbons (Fsp3) is 0.182. The molecule has 1 aromatic carbocycles. The van der Waals surface area contributed by atoms with Crippen molar-refractivity contribution in [2.75, 3.05) is 14.1 Å². The van der Waals surface area contributed by atoms with Gasteiger partial charge in [0.05, 0.1) is 10.9 Å². The van der Waals surface area contributed by atoms with Crippen LogP contribution in [0.3, 0.4) is 0 Å². The fourth-order valence-corrected chi connectivity index (χ4v) is 1.45. The third kappa shape index (κ3) is 2.31. The molecule has 1 amide bonds. The van der Waals surface area contributed by atoms with Gasteiger partial charge in [-0.3, -0.25) is 15.0 Å². The highest BCUT2D eigenvalue weighted by atomic mass is 16.2. The normalized spacial score (nSPS) is 10.8. The van der Waals surface area contributed by atoms with Gasteiger partial charge >= 0.3 is 5.91 Å². The summed E-state index contributed by atoms with van der Waals surface area (Å²) in [5, 5.41) is 1.95. The summed E-state index contributed by atoms with van der Waals surface area (Å²) in [5.74, 6) is -0.444. The van der Waals surface area contributed by atoms with Crippen molar-refractivity contribution in [3.8, 4) is 0 Å². The van der Waals surface area contributed by atoms with Crippen molar-refractivity contribution in [1.82, 2.24) is 20.4 Å². The van der Waals surface area contributed by atoms with Gasteiger partial charge in [0.2, 0.25) is 5.82 Å². The lowest BCUT2D eigenvalue weighted by molar-refractivity contribution is 0.0846. The zero-order chi connectivity index (χ0) is 12.4. The van der Waals surface area contributed by atoms with E-state index in [0.29, 0.717) is 10.9 Å². The van der Waals surface area contributed by atoms with Crippen LogP contribution in [0.15, 0.2) is 29.1 Å². The summed E-state index contributed by atoms with van der Waals surface area (Å²) in [5.41, 5.74) is 2.69. The number of rotatable bonds is 2. The SMILES string of the molecule is CN(C)NC(=O)c1nc2ccccc2c(=O)[nH]1.